The van der Waals surface area contributed by atoms with E-state index in [2.05, 4.69) is 16.7 Å². The van der Waals surface area contributed by atoms with Crippen molar-refractivity contribution in [2.75, 3.05) is 36.9 Å². The molecular weight excluding hydrogens is 244 g/mol. The number of hydrogen-bond acceptors (Lipinski definition) is 4. The smallest absolute Gasteiger partial charge is 0.123 e. The van der Waals surface area contributed by atoms with E-state index >= 15 is 0 Å². The maximum atomic E-state index is 5.88. The van der Waals surface area contributed by atoms with Crippen molar-refractivity contribution in [1.82, 2.24) is 4.90 Å². The number of anilines is 1. The summed E-state index contributed by atoms with van der Waals surface area (Å²) in [7, 11) is 0. The summed E-state index contributed by atoms with van der Waals surface area (Å²) in [5, 5.41) is 0. The van der Waals surface area contributed by atoms with Gasteiger partial charge in [0, 0.05) is 30.1 Å². The van der Waals surface area contributed by atoms with Crippen LogP contribution in [0.1, 0.15) is 18.9 Å². The van der Waals surface area contributed by atoms with Gasteiger partial charge in [0.15, 0.2) is 0 Å². The van der Waals surface area contributed by atoms with Gasteiger partial charge in [0.2, 0.25) is 0 Å². The van der Waals surface area contributed by atoms with Crippen LogP contribution in [0.15, 0.2) is 18.2 Å². The molecule has 0 aromatic heterocycles. The molecule has 3 nitrogen and oxygen atoms in total. The molecule has 18 heavy (non-hydrogen) atoms. The highest BCUT2D eigenvalue weighted by atomic mass is 32.2. The summed E-state index contributed by atoms with van der Waals surface area (Å²) in [6, 6.07) is 5.94. The average molecular weight is 266 g/mol. The molecule has 0 saturated carbocycles. The fourth-order valence-corrected chi connectivity index (χ4v) is 3.14. The summed E-state index contributed by atoms with van der Waals surface area (Å²) in [6.45, 7) is 5.99. The maximum absolute atomic E-state index is 5.88. The van der Waals surface area contributed by atoms with Crippen LogP contribution in [0.4, 0.5) is 5.69 Å². The molecule has 0 radical (unpaired) electrons. The Kier molecular flexibility index (Phi) is 5.20. The Morgan fingerprint density at radius 2 is 2.22 bits per heavy atom. The molecule has 1 aromatic carbocycles. The summed E-state index contributed by atoms with van der Waals surface area (Å²) >= 11 is 2.05. The van der Waals surface area contributed by atoms with E-state index in [4.69, 9.17) is 10.5 Å². The van der Waals surface area contributed by atoms with Crippen LogP contribution < -0.4 is 10.5 Å². The third-order valence-electron chi connectivity index (χ3n) is 3.09. The molecule has 2 N–H and O–H groups in total. The third kappa shape index (κ3) is 3.82. The first-order chi connectivity index (χ1) is 8.79. The molecule has 2 rings (SSSR count). The number of ether oxygens (including phenoxy) is 1. The first kappa shape index (κ1) is 13.6. The Morgan fingerprint density at radius 1 is 1.33 bits per heavy atom. The molecule has 1 aromatic rings. The van der Waals surface area contributed by atoms with Crippen LogP contribution in [0, 0.1) is 0 Å². The quantitative estimate of drug-likeness (QED) is 0.850. The minimum atomic E-state index is 0.701. The van der Waals surface area contributed by atoms with E-state index in [9.17, 15) is 0 Å². The number of thioether (sulfide) groups is 1. The Balaban J connectivity index is 2.08. The van der Waals surface area contributed by atoms with E-state index in [-0.39, 0.29) is 0 Å². The van der Waals surface area contributed by atoms with Crippen molar-refractivity contribution in [2.45, 2.75) is 19.9 Å². The van der Waals surface area contributed by atoms with Gasteiger partial charge in [-0.3, -0.25) is 4.90 Å². The van der Waals surface area contributed by atoms with E-state index in [1.165, 1.54) is 30.0 Å². The lowest BCUT2D eigenvalue weighted by atomic mass is 10.1. The lowest BCUT2D eigenvalue weighted by Gasteiger charge is -2.21. The molecule has 1 heterocycles. The summed E-state index contributed by atoms with van der Waals surface area (Å²) in [6.07, 6.45) is 1.27. The lowest BCUT2D eigenvalue weighted by molar-refractivity contribution is 0.276. The van der Waals surface area contributed by atoms with Crippen LogP contribution in [0.25, 0.3) is 0 Å². The molecule has 0 aliphatic carbocycles. The second kappa shape index (κ2) is 6.90. The van der Waals surface area contributed by atoms with Gasteiger partial charge >= 0.3 is 0 Å². The van der Waals surface area contributed by atoms with Crippen molar-refractivity contribution in [3.05, 3.63) is 23.8 Å². The second-order valence-electron chi connectivity index (χ2n) is 4.54. The standard InChI is InChI=1S/C14H22N2OS/c1-2-17-14-5-4-13(15)10-12(14)11-16-6-3-8-18-9-7-16/h4-5,10H,2-3,6-9,11,15H2,1H3. The maximum Gasteiger partial charge on any atom is 0.123 e. The van der Waals surface area contributed by atoms with Gasteiger partial charge in [0.1, 0.15) is 5.75 Å². The van der Waals surface area contributed by atoms with Crippen LogP contribution in [0.5, 0.6) is 5.75 Å². The number of benzene rings is 1. The first-order valence-electron chi connectivity index (χ1n) is 6.61. The van der Waals surface area contributed by atoms with Crippen LogP contribution in [-0.2, 0) is 6.54 Å². The van der Waals surface area contributed by atoms with Gasteiger partial charge in [-0.25, -0.2) is 0 Å². The molecule has 1 saturated heterocycles. The highest BCUT2D eigenvalue weighted by Gasteiger charge is 2.12. The summed E-state index contributed by atoms with van der Waals surface area (Å²) < 4.78 is 5.68. The van der Waals surface area contributed by atoms with Gasteiger partial charge in [-0.1, -0.05) is 0 Å². The molecule has 100 valence electrons. The average Bonchev–Trinajstić information content (AvgIpc) is 2.61. The Hall–Kier alpha value is -0.870. The van der Waals surface area contributed by atoms with Crippen LogP contribution in [-0.4, -0.2) is 36.1 Å². The number of rotatable bonds is 4. The zero-order valence-electron chi connectivity index (χ0n) is 11.0. The van der Waals surface area contributed by atoms with Gasteiger partial charge in [-0.05, 0) is 43.8 Å². The molecule has 1 aliphatic heterocycles. The predicted molar refractivity (Wildman–Crippen MR) is 79.2 cm³/mol. The number of nitrogen functional groups attached to an aromatic ring is 1. The second-order valence-corrected chi connectivity index (χ2v) is 5.77. The predicted octanol–water partition coefficient (Wildman–Crippen LogP) is 2.61. The van der Waals surface area contributed by atoms with Crippen LogP contribution in [0.2, 0.25) is 0 Å². The van der Waals surface area contributed by atoms with Crippen molar-refractivity contribution < 1.29 is 4.74 Å². The SMILES string of the molecule is CCOc1ccc(N)cc1CN1CCCSCC1. The fourth-order valence-electron chi connectivity index (χ4n) is 2.22. The van der Waals surface area contributed by atoms with Gasteiger partial charge in [0.25, 0.3) is 0 Å². The molecule has 4 heteroatoms. The summed E-state index contributed by atoms with van der Waals surface area (Å²) in [5.74, 6) is 3.49. The molecule has 0 spiro atoms. The van der Waals surface area contributed by atoms with E-state index in [0.29, 0.717) is 6.61 Å². The molecule has 0 unspecified atom stereocenters. The van der Waals surface area contributed by atoms with E-state index < -0.39 is 0 Å². The van der Waals surface area contributed by atoms with Crippen molar-refractivity contribution in [3.63, 3.8) is 0 Å². The summed E-state index contributed by atoms with van der Waals surface area (Å²) in [5.41, 5.74) is 7.91. The van der Waals surface area contributed by atoms with E-state index in [1.54, 1.807) is 0 Å². The molecule has 0 amide bonds. The van der Waals surface area contributed by atoms with Gasteiger partial charge in [-0.15, -0.1) is 0 Å². The van der Waals surface area contributed by atoms with Crippen molar-refractivity contribution in [1.29, 1.82) is 0 Å². The minimum absolute atomic E-state index is 0.701. The van der Waals surface area contributed by atoms with Crippen molar-refractivity contribution >= 4 is 17.4 Å². The van der Waals surface area contributed by atoms with E-state index in [1.807, 2.05) is 25.1 Å². The normalized spacial score (nSPS) is 17.4. The van der Waals surface area contributed by atoms with Gasteiger partial charge < -0.3 is 10.5 Å². The number of nitrogens with two attached hydrogens (primary N) is 1. The molecule has 1 aliphatic rings. The first-order valence-corrected chi connectivity index (χ1v) is 7.76. The van der Waals surface area contributed by atoms with Gasteiger partial charge in [-0.2, -0.15) is 11.8 Å². The van der Waals surface area contributed by atoms with Crippen molar-refractivity contribution in [2.24, 2.45) is 0 Å². The van der Waals surface area contributed by atoms with Crippen LogP contribution in [0.3, 0.4) is 0 Å². The Bertz CT molecular complexity index is 376. The minimum Gasteiger partial charge on any atom is -0.494 e. The number of nitrogens with zero attached hydrogens (tertiary/aromatic N) is 1. The fraction of sp³-hybridized carbons (Fsp3) is 0.571. The highest BCUT2D eigenvalue weighted by molar-refractivity contribution is 7.99. The number of hydrogen-bond donors (Lipinski definition) is 1. The van der Waals surface area contributed by atoms with E-state index in [0.717, 1.165) is 24.5 Å². The molecule has 0 bridgehead atoms. The lowest BCUT2D eigenvalue weighted by Crippen LogP contribution is -2.25. The Labute approximate surface area is 114 Å². The van der Waals surface area contributed by atoms with Crippen LogP contribution >= 0.6 is 11.8 Å². The Morgan fingerprint density at radius 3 is 3.06 bits per heavy atom. The van der Waals surface area contributed by atoms with Gasteiger partial charge in [0.05, 0.1) is 6.61 Å². The molecule has 0 atom stereocenters. The highest BCUT2D eigenvalue weighted by Crippen LogP contribution is 2.24. The third-order valence-corrected chi connectivity index (χ3v) is 4.14. The van der Waals surface area contributed by atoms with Crippen molar-refractivity contribution in [3.8, 4) is 5.75 Å². The zero-order valence-corrected chi connectivity index (χ0v) is 11.8. The monoisotopic (exact) mass is 266 g/mol. The zero-order chi connectivity index (χ0) is 12.8. The molecular formula is C14H22N2OS. The summed E-state index contributed by atoms with van der Waals surface area (Å²) in [4.78, 5) is 2.50. The largest absolute Gasteiger partial charge is 0.494 e. The molecule has 1 fully saturated rings. The topological polar surface area (TPSA) is 38.5 Å².